The normalized spacial score (nSPS) is 12.4. The van der Waals surface area contributed by atoms with Crippen LogP contribution in [0.5, 0.6) is 17.2 Å². The summed E-state index contributed by atoms with van der Waals surface area (Å²) in [4.78, 5) is 11.8. The summed E-state index contributed by atoms with van der Waals surface area (Å²) in [6.07, 6.45) is 2.96. The fourth-order valence-corrected chi connectivity index (χ4v) is 2.45. The lowest BCUT2D eigenvalue weighted by Gasteiger charge is -2.04. The van der Waals surface area contributed by atoms with Crippen LogP contribution in [-0.4, -0.2) is 19.9 Å². The van der Waals surface area contributed by atoms with Crippen molar-refractivity contribution in [2.45, 2.75) is 6.61 Å². The number of hydrogen-bond acceptors (Lipinski definition) is 5. The largest absolute Gasteiger partial charge is 0.497 e. The van der Waals surface area contributed by atoms with Gasteiger partial charge in [-0.15, -0.1) is 0 Å². The molecular formula is C18H15ClO5. The Bertz CT molecular complexity index is 768. The first-order valence-corrected chi connectivity index (χ1v) is 7.60. The van der Waals surface area contributed by atoms with E-state index in [0.717, 1.165) is 16.9 Å². The molecule has 0 saturated heterocycles. The average Bonchev–Trinajstić information content (AvgIpc) is 3.08. The molecule has 6 heteroatoms. The molecule has 2 aromatic rings. The van der Waals surface area contributed by atoms with Crippen molar-refractivity contribution in [3.05, 3.63) is 58.6 Å². The molecule has 0 saturated carbocycles. The van der Waals surface area contributed by atoms with Crippen LogP contribution in [0.1, 0.15) is 11.1 Å². The Hall–Kier alpha value is -2.66. The first-order chi connectivity index (χ1) is 11.7. The Morgan fingerprint density at radius 2 is 2.04 bits per heavy atom. The van der Waals surface area contributed by atoms with Crippen molar-refractivity contribution in [3.63, 3.8) is 0 Å². The van der Waals surface area contributed by atoms with Crippen LogP contribution in [0, 0.1) is 0 Å². The molecule has 0 fully saturated rings. The molecule has 5 nitrogen and oxygen atoms in total. The monoisotopic (exact) mass is 346 g/mol. The van der Waals surface area contributed by atoms with Gasteiger partial charge in [-0.05, 0) is 41.5 Å². The van der Waals surface area contributed by atoms with E-state index >= 15 is 0 Å². The molecule has 0 spiro atoms. The first kappa shape index (κ1) is 16.2. The van der Waals surface area contributed by atoms with Crippen LogP contribution < -0.4 is 14.2 Å². The summed E-state index contributed by atoms with van der Waals surface area (Å²) >= 11 is 6.09. The third-order valence-electron chi connectivity index (χ3n) is 3.40. The summed E-state index contributed by atoms with van der Waals surface area (Å²) < 4.78 is 20.8. The standard InChI is InChI=1S/C18H15ClO5/c1-21-14-5-2-12(3-6-14)10-22-17(20)7-4-13-8-15(19)18-16(9-13)23-11-24-18/h2-9H,10-11H2,1H3/b7-4+. The summed E-state index contributed by atoms with van der Waals surface area (Å²) in [6, 6.07) is 10.8. The number of hydrogen-bond donors (Lipinski definition) is 0. The van der Waals surface area contributed by atoms with Crippen LogP contribution in [0.3, 0.4) is 0 Å². The zero-order valence-corrected chi connectivity index (χ0v) is 13.7. The summed E-state index contributed by atoms with van der Waals surface area (Å²) in [7, 11) is 1.60. The Balaban J connectivity index is 1.58. The van der Waals surface area contributed by atoms with E-state index in [0.29, 0.717) is 16.5 Å². The first-order valence-electron chi connectivity index (χ1n) is 7.22. The molecule has 2 aromatic carbocycles. The fraction of sp³-hybridized carbons (Fsp3) is 0.167. The lowest BCUT2D eigenvalue weighted by molar-refractivity contribution is -0.138. The van der Waals surface area contributed by atoms with Crippen LogP contribution in [0.25, 0.3) is 6.08 Å². The number of halogens is 1. The second kappa shape index (κ2) is 7.27. The minimum absolute atomic E-state index is 0.145. The van der Waals surface area contributed by atoms with Gasteiger partial charge in [0.1, 0.15) is 12.4 Å². The molecule has 0 amide bonds. The quantitative estimate of drug-likeness (QED) is 0.608. The van der Waals surface area contributed by atoms with Crippen LogP contribution in [0.2, 0.25) is 5.02 Å². The van der Waals surface area contributed by atoms with Crippen LogP contribution in [0.15, 0.2) is 42.5 Å². The van der Waals surface area contributed by atoms with Gasteiger partial charge in [-0.1, -0.05) is 23.7 Å². The Kier molecular flexibility index (Phi) is 4.91. The highest BCUT2D eigenvalue weighted by Gasteiger charge is 2.17. The maximum absolute atomic E-state index is 11.8. The number of carbonyl (C=O) groups is 1. The molecular weight excluding hydrogens is 332 g/mol. The molecule has 0 atom stereocenters. The second-order valence-electron chi connectivity index (χ2n) is 5.03. The molecule has 0 aliphatic carbocycles. The van der Waals surface area contributed by atoms with Gasteiger partial charge in [-0.25, -0.2) is 4.79 Å². The van der Waals surface area contributed by atoms with Crippen LogP contribution in [-0.2, 0) is 16.1 Å². The Morgan fingerprint density at radius 3 is 2.79 bits per heavy atom. The number of esters is 1. The Labute approximate surface area is 144 Å². The molecule has 0 radical (unpaired) electrons. The molecule has 1 aliphatic rings. The van der Waals surface area contributed by atoms with Gasteiger partial charge in [0, 0.05) is 6.08 Å². The maximum atomic E-state index is 11.8. The van der Waals surface area contributed by atoms with Crippen molar-refractivity contribution in [1.29, 1.82) is 0 Å². The van der Waals surface area contributed by atoms with E-state index in [4.69, 9.17) is 30.5 Å². The van der Waals surface area contributed by atoms with E-state index in [1.165, 1.54) is 6.08 Å². The molecule has 0 unspecified atom stereocenters. The van der Waals surface area contributed by atoms with Gasteiger partial charge in [-0.2, -0.15) is 0 Å². The van der Waals surface area contributed by atoms with E-state index in [9.17, 15) is 4.79 Å². The minimum Gasteiger partial charge on any atom is -0.497 e. The highest BCUT2D eigenvalue weighted by molar-refractivity contribution is 6.32. The predicted octanol–water partition coefficient (Wildman–Crippen LogP) is 3.83. The molecule has 0 N–H and O–H groups in total. The highest BCUT2D eigenvalue weighted by Crippen LogP contribution is 2.40. The average molecular weight is 347 g/mol. The lowest BCUT2D eigenvalue weighted by Crippen LogP contribution is -2.00. The molecule has 3 rings (SSSR count). The Morgan fingerprint density at radius 1 is 1.25 bits per heavy atom. The van der Waals surface area contributed by atoms with Crippen molar-refractivity contribution in [3.8, 4) is 17.2 Å². The van der Waals surface area contributed by atoms with E-state index < -0.39 is 5.97 Å². The van der Waals surface area contributed by atoms with Gasteiger partial charge in [-0.3, -0.25) is 0 Å². The van der Waals surface area contributed by atoms with Gasteiger partial charge in [0.15, 0.2) is 11.5 Å². The van der Waals surface area contributed by atoms with E-state index in [1.807, 2.05) is 24.3 Å². The third-order valence-corrected chi connectivity index (χ3v) is 3.68. The zero-order chi connectivity index (χ0) is 16.9. The smallest absolute Gasteiger partial charge is 0.331 e. The SMILES string of the molecule is COc1ccc(COC(=O)/C=C/c2cc(Cl)c3c(c2)OCO3)cc1. The second-order valence-corrected chi connectivity index (χ2v) is 5.43. The van der Waals surface area contributed by atoms with Crippen molar-refractivity contribution in [2.75, 3.05) is 13.9 Å². The summed E-state index contributed by atoms with van der Waals surface area (Å²) in [6.45, 7) is 0.335. The predicted molar refractivity (Wildman–Crippen MR) is 89.4 cm³/mol. The highest BCUT2D eigenvalue weighted by atomic mass is 35.5. The molecule has 0 bridgehead atoms. The molecule has 24 heavy (non-hydrogen) atoms. The van der Waals surface area contributed by atoms with Crippen LogP contribution in [0.4, 0.5) is 0 Å². The van der Waals surface area contributed by atoms with Gasteiger partial charge < -0.3 is 18.9 Å². The number of methoxy groups -OCH3 is 1. The summed E-state index contributed by atoms with van der Waals surface area (Å²) in [5, 5.41) is 0.441. The van der Waals surface area contributed by atoms with E-state index in [-0.39, 0.29) is 13.4 Å². The number of ether oxygens (including phenoxy) is 4. The molecule has 1 aliphatic heterocycles. The number of carbonyl (C=O) groups excluding carboxylic acids is 1. The van der Waals surface area contributed by atoms with Crippen molar-refractivity contribution < 1.29 is 23.7 Å². The summed E-state index contributed by atoms with van der Waals surface area (Å²) in [5.74, 6) is 1.40. The number of benzene rings is 2. The van der Waals surface area contributed by atoms with E-state index in [1.54, 1.807) is 25.3 Å². The number of rotatable bonds is 5. The van der Waals surface area contributed by atoms with Gasteiger partial charge in [0.05, 0.1) is 12.1 Å². The van der Waals surface area contributed by atoms with Crippen LogP contribution >= 0.6 is 11.6 Å². The van der Waals surface area contributed by atoms with Crippen molar-refractivity contribution in [1.82, 2.24) is 0 Å². The molecule has 0 aromatic heterocycles. The fourth-order valence-electron chi connectivity index (χ4n) is 2.17. The minimum atomic E-state index is -0.445. The topological polar surface area (TPSA) is 54.0 Å². The summed E-state index contributed by atoms with van der Waals surface area (Å²) in [5.41, 5.74) is 1.61. The lowest BCUT2D eigenvalue weighted by atomic mass is 10.2. The number of fused-ring (bicyclic) bond motifs is 1. The van der Waals surface area contributed by atoms with E-state index in [2.05, 4.69) is 0 Å². The van der Waals surface area contributed by atoms with Gasteiger partial charge >= 0.3 is 5.97 Å². The zero-order valence-electron chi connectivity index (χ0n) is 13.0. The van der Waals surface area contributed by atoms with Gasteiger partial charge in [0.2, 0.25) is 6.79 Å². The van der Waals surface area contributed by atoms with Gasteiger partial charge in [0.25, 0.3) is 0 Å². The van der Waals surface area contributed by atoms with Crippen molar-refractivity contribution >= 4 is 23.6 Å². The maximum Gasteiger partial charge on any atom is 0.331 e. The van der Waals surface area contributed by atoms with Crippen molar-refractivity contribution in [2.24, 2.45) is 0 Å². The molecule has 124 valence electrons. The third kappa shape index (κ3) is 3.81. The molecule has 1 heterocycles.